The summed E-state index contributed by atoms with van der Waals surface area (Å²) in [4.78, 5) is 24.0. The second-order valence-corrected chi connectivity index (χ2v) is 5.75. The summed E-state index contributed by atoms with van der Waals surface area (Å²) < 4.78 is 6.78. The lowest BCUT2D eigenvalue weighted by Crippen LogP contribution is -2.21. The largest absolute Gasteiger partial charge is 0.452 e. The van der Waals surface area contributed by atoms with Crippen LogP contribution in [0.3, 0.4) is 0 Å². The second-order valence-electron chi connectivity index (χ2n) is 5.75. The molecule has 2 aromatic carbocycles. The lowest BCUT2D eigenvalue weighted by molar-refractivity contribution is -0.119. The lowest BCUT2D eigenvalue weighted by atomic mass is 10.2. The normalized spacial score (nSPS) is 10.1. The van der Waals surface area contributed by atoms with Crippen molar-refractivity contribution in [3.05, 3.63) is 77.6 Å². The molecule has 3 aromatic rings. The van der Waals surface area contributed by atoms with Gasteiger partial charge in [0.1, 0.15) is 0 Å². The van der Waals surface area contributed by atoms with Gasteiger partial charge in [-0.25, -0.2) is 9.48 Å². The number of ether oxygens (including phenoxy) is 1. The number of nitrogens with one attached hydrogen (secondary N) is 1. The summed E-state index contributed by atoms with van der Waals surface area (Å²) in [6.07, 6.45) is 1.70. The van der Waals surface area contributed by atoms with Crippen molar-refractivity contribution in [2.24, 2.45) is 0 Å². The number of amides is 1. The third-order valence-electron chi connectivity index (χ3n) is 3.79. The van der Waals surface area contributed by atoms with E-state index >= 15 is 0 Å². The predicted octanol–water partition coefficient (Wildman–Crippen LogP) is 2.85. The van der Waals surface area contributed by atoms with E-state index in [1.165, 1.54) is 6.07 Å². The fraction of sp³-hybridized carbons (Fsp3) is 0.100. The Labute approximate surface area is 155 Å². The highest BCUT2D eigenvalue weighted by molar-refractivity contribution is 5.95. The van der Waals surface area contributed by atoms with Gasteiger partial charge in [0.25, 0.3) is 5.91 Å². The van der Waals surface area contributed by atoms with Crippen LogP contribution in [-0.4, -0.2) is 28.3 Å². The SMILES string of the molecule is Cc1ccnn1-c1ccc(C(=O)OCC(=O)Nc2cccc(C#N)c2)cc1. The minimum atomic E-state index is -0.598. The van der Waals surface area contributed by atoms with Gasteiger partial charge in [-0.15, -0.1) is 0 Å². The molecule has 3 rings (SSSR count). The summed E-state index contributed by atoms with van der Waals surface area (Å²) >= 11 is 0. The van der Waals surface area contributed by atoms with Crippen LogP contribution in [0.25, 0.3) is 5.69 Å². The van der Waals surface area contributed by atoms with Crippen LogP contribution in [-0.2, 0) is 9.53 Å². The molecule has 0 bridgehead atoms. The number of hydrogen-bond donors (Lipinski definition) is 1. The zero-order chi connectivity index (χ0) is 19.2. The maximum atomic E-state index is 12.1. The lowest BCUT2D eigenvalue weighted by Gasteiger charge is -2.08. The number of aryl methyl sites for hydroxylation is 1. The molecule has 0 aliphatic heterocycles. The number of rotatable bonds is 5. The summed E-state index contributed by atoms with van der Waals surface area (Å²) in [6, 6.07) is 17.1. The van der Waals surface area contributed by atoms with Crippen LogP contribution >= 0.6 is 0 Å². The van der Waals surface area contributed by atoms with Crippen LogP contribution in [0.15, 0.2) is 60.8 Å². The fourth-order valence-corrected chi connectivity index (χ4v) is 2.46. The van der Waals surface area contributed by atoms with Gasteiger partial charge < -0.3 is 10.1 Å². The molecule has 27 heavy (non-hydrogen) atoms. The molecule has 1 N–H and O–H groups in total. The van der Waals surface area contributed by atoms with Crippen LogP contribution < -0.4 is 5.32 Å². The quantitative estimate of drug-likeness (QED) is 0.706. The molecule has 1 heterocycles. The van der Waals surface area contributed by atoms with E-state index in [4.69, 9.17) is 10.00 Å². The molecule has 0 aliphatic rings. The van der Waals surface area contributed by atoms with Crippen molar-refractivity contribution >= 4 is 17.6 Å². The summed E-state index contributed by atoms with van der Waals surface area (Å²) in [5.41, 5.74) is 3.03. The number of hydrogen-bond acceptors (Lipinski definition) is 5. The van der Waals surface area contributed by atoms with Crippen LogP contribution in [0.4, 0.5) is 5.69 Å². The van der Waals surface area contributed by atoms with Gasteiger partial charge in [-0.05, 0) is 55.5 Å². The number of aromatic nitrogens is 2. The van der Waals surface area contributed by atoms with Gasteiger partial charge in [-0.3, -0.25) is 4.79 Å². The van der Waals surface area contributed by atoms with Gasteiger partial charge in [-0.2, -0.15) is 10.4 Å². The van der Waals surface area contributed by atoms with E-state index in [2.05, 4.69) is 10.4 Å². The highest BCUT2D eigenvalue weighted by Gasteiger charge is 2.11. The van der Waals surface area contributed by atoms with Gasteiger partial charge in [0.15, 0.2) is 6.61 Å². The standard InChI is InChI=1S/C20H16N4O3/c1-14-9-10-22-24(14)18-7-5-16(6-8-18)20(26)27-13-19(25)23-17-4-2-3-15(11-17)12-21/h2-11H,13H2,1H3,(H,23,25). The van der Waals surface area contributed by atoms with Gasteiger partial charge >= 0.3 is 5.97 Å². The van der Waals surface area contributed by atoms with E-state index in [9.17, 15) is 9.59 Å². The first-order valence-electron chi connectivity index (χ1n) is 8.15. The first kappa shape index (κ1) is 17.9. The summed E-state index contributed by atoms with van der Waals surface area (Å²) in [7, 11) is 0. The maximum Gasteiger partial charge on any atom is 0.338 e. The number of benzene rings is 2. The number of nitrogens with zero attached hydrogens (tertiary/aromatic N) is 3. The smallest absolute Gasteiger partial charge is 0.338 e. The molecular weight excluding hydrogens is 344 g/mol. The highest BCUT2D eigenvalue weighted by atomic mass is 16.5. The van der Waals surface area contributed by atoms with E-state index in [0.717, 1.165) is 11.4 Å². The van der Waals surface area contributed by atoms with Gasteiger partial charge in [0.2, 0.25) is 0 Å². The van der Waals surface area contributed by atoms with Crippen molar-refractivity contribution in [1.29, 1.82) is 5.26 Å². The summed E-state index contributed by atoms with van der Waals surface area (Å²) in [5.74, 6) is -1.08. The van der Waals surface area contributed by atoms with Crippen LogP contribution in [0.1, 0.15) is 21.6 Å². The molecule has 0 saturated heterocycles. The topological polar surface area (TPSA) is 97.0 Å². The average Bonchev–Trinajstić information content (AvgIpc) is 3.12. The monoisotopic (exact) mass is 360 g/mol. The van der Waals surface area contributed by atoms with E-state index in [0.29, 0.717) is 16.8 Å². The van der Waals surface area contributed by atoms with Gasteiger partial charge in [0.05, 0.1) is 22.9 Å². The number of carbonyl (C=O) groups excluding carboxylic acids is 2. The van der Waals surface area contributed by atoms with Crippen molar-refractivity contribution in [3.8, 4) is 11.8 Å². The second kappa shape index (κ2) is 7.97. The molecule has 1 aromatic heterocycles. The Morgan fingerprint density at radius 3 is 2.63 bits per heavy atom. The average molecular weight is 360 g/mol. The molecule has 0 saturated carbocycles. The molecule has 1 amide bonds. The van der Waals surface area contributed by atoms with E-state index in [-0.39, 0.29) is 0 Å². The zero-order valence-corrected chi connectivity index (χ0v) is 14.5. The molecule has 0 radical (unpaired) electrons. The van der Waals surface area contributed by atoms with E-state index in [1.54, 1.807) is 53.3 Å². The minimum Gasteiger partial charge on any atom is -0.452 e. The molecule has 0 spiro atoms. The number of anilines is 1. The minimum absolute atomic E-state index is 0.336. The number of nitriles is 1. The Hall–Kier alpha value is -3.92. The first-order valence-corrected chi connectivity index (χ1v) is 8.15. The fourth-order valence-electron chi connectivity index (χ4n) is 2.46. The van der Waals surface area contributed by atoms with E-state index < -0.39 is 18.5 Å². The third-order valence-corrected chi connectivity index (χ3v) is 3.79. The number of carbonyl (C=O) groups is 2. The van der Waals surface area contributed by atoms with Crippen molar-refractivity contribution in [1.82, 2.24) is 9.78 Å². The zero-order valence-electron chi connectivity index (χ0n) is 14.5. The van der Waals surface area contributed by atoms with Gasteiger partial charge in [0, 0.05) is 17.6 Å². The van der Waals surface area contributed by atoms with Crippen molar-refractivity contribution in [2.75, 3.05) is 11.9 Å². The molecule has 0 atom stereocenters. The van der Waals surface area contributed by atoms with Crippen molar-refractivity contribution in [2.45, 2.75) is 6.92 Å². The van der Waals surface area contributed by atoms with E-state index in [1.807, 2.05) is 19.1 Å². The third kappa shape index (κ3) is 4.38. The van der Waals surface area contributed by atoms with Crippen LogP contribution in [0, 0.1) is 18.3 Å². The van der Waals surface area contributed by atoms with Gasteiger partial charge in [-0.1, -0.05) is 6.07 Å². The predicted molar refractivity (Wildman–Crippen MR) is 98.4 cm³/mol. The number of esters is 1. The molecule has 0 fully saturated rings. The molecule has 134 valence electrons. The van der Waals surface area contributed by atoms with Crippen LogP contribution in [0.5, 0.6) is 0 Å². The molecule has 7 heteroatoms. The Bertz CT molecular complexity index is 1020. The maximum absolute atomic E-state index is 12.1. The summed E-state index contributed by atoms with van der Waals surface area (Å²) in [6.45, 7) is 1.51. The molecule has 0 aliphatic carbocycles. The van der Waals surface area contributed by atoms with Crippen molar-refractivity contribution < 1.29 is 14.3 Å². The Morgan fingerprint density at radius 1 is 1.19 bits per heavy atom. The van der Waals surface area contributed by atoms with Crippen LogP contribution in [0.2, 0.25) is 0 Å². The molecule has 0 unspecified atom stereocenters. The Morgan fingerprint density at radius 2 is 1.96 bits per heavy atom. The first-order chi connectivity index (χ1) is 13.1. The Kier molecular flexibility index (Phi) is 5.28. The molecular formula is C20H16N4O3. The summed E-state index contributed by atoms with van der Waals surface area (Å²) in [5, 5.41) is 15.6. The molecule has 7 nitrogen and oxygen atoms in total. The highest BCUT2D eigenvalue weighted by Crippen LogP contribution is 2.13. The Balaban J connectivity index is 1.56. The van der Waals surface area contributed by atoms with Crippen molar-refractivity contribution in [3.63, 3.8) is 0 Å².